The predicted octanol–water partition coefficient (Wildman–Crippen LogP) is 4.11. The average Bonchev–Trinajstić information content (AvgIpc) is 2.55. The second-order valence-corrected chi connectivity index (χ2v) is 6.06. The third-order valence-electron chi connectivity index (χ3n) is 3.60. The zero-order valence-corrected chi connectivity index (χ0v) is 14.7. The second kappa shape index (κ2) is 8.50. The van der Waals surface area contributed by atoms with Gasteiger partial charge in [-0.15, -0.1) is 0 Å². The van der Waals surface area contributed by atoms with Gasteiger partial charge in [0.15, 0.2) is 0 Å². The number of nitrogens with one attached hydrogen (secondary N) is 1. The molecule has 0 aliphatic heterocycles. The van der Waals surface area contributed by atoms with Crippen LogP contribution in [-0.2, 0) is 11.3 Å². The van der Waals surface area contributed by atoms with E-state index in [-0.39, 0.29) is 18.1 Å². The van der Waals surface area contributed by atoms with E-state index in [1.54, 1.807) is 13.2 Å². The van der Waals surface area contributed by atoms with Crippen LogP contribution < -0.4 is 10.1 Å². The van der Waals surface area contributed by atoms with E-state index in [0.29, 0.717) is 12.2 Å². The van der Waals surface area contributed by atoms with E-state index in [2.05, 4.69) is 5.32 Å². The van der Waals surface area contributed by atoms with Crippen molar-refractivity contribution in [2.24, 2.45) is 0 Å². The van der Waals surface area contributed by atoms with E-state index in [0.717, 1.165) is 16.9 Å². The monoisotopic (exact) mass is 327 g/mol. The quantitative estimate of drug-likeness (QED) is 0.832. The molecule has 0 fully saturated rings. The summed E-state index contributed by atoms with van der Waals surface area (Å²) in [6.07, 6.45) is 0.146. The first kappa shape index (κ1) is 18.0. The number of carbonyl (C=O) groups excluding carboxylic acids is 1. The highest BCUT2D eigenvalue weighted by Gasteiger charge is 2.12. The van der Waals surface area contributed by atoms with Gasteiger partial charge >= 0.3 is 0 Å². The molecule has 4 nitrogen and oxygen atoms in total. The van der Waals surface area contributed by atoms with Crippen LogP contribution in [0.15, 0.2) is 48.5 Å². The van der Waals surface area contributed by atoms with Crippen LogP contribution in [0.4, 0.5) is 0 Å². The molecule has 0 saturated heterocycles. The van der Waals surface area contributed by atoms with Gasteiger partial charge in [-0.25, -0.2) is 0 Å². The summed E-state index contributed by atoms with van der Waals surface area (Å²) in [5.74, 6) is 0.738. The summed E-state index contributed by atoms with van der Waals surface area (Å²) in [4.78, 5) is 12.4. The number of amides is 1. The molecule has 4 heteroatoms. The Bertz CT molecular complexity index is 665. The smallest absolute Gasteiger partial charge is 0.251 e. The van der Waals surface area contributed by atoms with E-state index >= 15 is 0 Å². The minimum atomic E-state index is -0.0945. The third kappa shape index (κ3) is 5.10. The normalized spacial score (nSPS) is 12.0. The Morgan fingerprint density at radius 3 is 2.42 bits per heavy atom. The van der Waals surface area contributed by atoms with Gasteiger partial charge in [0, 0.05) is 12.7 Å². The van der Waals surface area contributed by atoms with Crippen LogP contribution in [0.2, 0.25) is 0 Å². The van der Waals surface area contributed by atoms with Gasteiger partial charge in [-0.1, -0.05) is 24.3 Å². The van der Waals surface area contributed by atoms with Crippen molar-refractivity contribution in [3.63, 3.8) is 0 Å². The van der Waals surface area contributed by atoms with Crippen molar-refractivity contribution >= 4 is 5.91 Å². The predicted molar refractivity (Wildman–Crippen MR) is 95.2 cm³/mol. The van der Waals surface area contributed by atoms with Crippen LogP contribution in [0.25, 0.3) is 0 Å². The molecule has 2 aromatic rings. The van der Waals surface area contributed by atoms with E-state index in [9.17, 15) is 4.79 Å². The molecule has 128 valence electrons. The number of methoxy groups -OCH3 is 1. The summed E-state index contributed by atoms with van der Waals surface area (Å²) < 4.78 is 10.7. The van der Waals surface area contributed by atoms with E-state index in [4.69, 9.17) is 9.47 Å². The third-order valence-corrected chi connectivity index (χ3v) is 3.60. The van der Waals surface area contributed by atoms with Gasteiger partial charge in [-0.05, 0) is 56.2 Å². The fourth-order valence-electron chi connectivity index (χ4n) is 2.44. The molecule has 24 heavy (non-hydrogen) atoms. The Balaban J connectivity index is 2.01. The first-order valence-electron chi connectivity index (χ1n) is 8.15. The Labute approximate surface area is 143 Å². The van der Waals surface area contributed by atoms with Crippen LogP contribution in [0, 0.1) is 0 Å². The minimum Gasteiger partial charge on any atom is -0.491 e. The summed E-state index contributed by atoms with van der Waals surface area (Å²) in [6.45, 7) is 6.45. The standard InChI is InChI=1S/C20H25NO3/c1-14(2)24-19-10-8-17(9-11-19)15(3)21-20(22)18-7-5-6-16(12-18)13-23-4/h5-12,14-15H,13H2,1-4H3,(H,21,22). The summed E-state index contributed by atoms with van der Waals surface area (Å²) in [5, 5.41) is 3.02. The number of rotatable bonds is 7. The average molecular weight is 327 g/mol. The lowest BCUT2D eigenvalue weighted by Gasteiger charge is -2.16. The summed E-state index contributed by atoms with van der Waals surface area (Å²) in [5.41, 5.74) is 2.65. The van der Waals surface area contributed by atoms with Crippen molar-refractivity contribution in [3.8, 4) is 5.75 Å². The Hall–Kier alpha value is -2.33. The van der Waals surface area contributed by atoms with Gasteiger partial charge in [0.2, 0.25) is 0 Å². The van der Waals surface area contributed by atoms with Gasteiger partial charge in [0.25, 0.3) is 5.91 Å². The van der Waals surface area contributed by atoms with Crippen molar-refractivity contribution in [1.29, 1.82) is 0 Å². The van der Waals surface area contributed by atoms with Gasteiger partial charge in [0.1, 0.15) is 5.75 Å². The largest absolute Gasteiger partial charge is 0.491 e. The zero-order valence-electron chi connectivity index (χ0n) is 14.7. The van der Waals surface area contributed by atoms with Crippen molar-refractivity contribution in [1.82, 2.24) is 5.32 Å². The first-order chi connectivity index (χ1) is 11.5. The van der Waals surface area contributed by atoms with Crippen LogP contribution in [-0.4, -0.2) is 19.1 Å². The molecule has 0 spiro atoms. The number of hydrogen-bond acceptors (Lipinski definition) is 3. The number of ether oxygens (including phenoxy) is 2. The minimum absolute atomic E-state index is 0.0864. The zero-order chi connectivity index (χ0) is 17.5. The SMILES string of the molecule is COCc1cccc(C(=O)NC(C)c2ccc(OC(C)C)cc2)c1. The second-order valence-electron chi connectivity index (χ2n) is 6.06. The van der Waals surface area contributed by atoms with E-state index in [1.165, 1.54) is 0 Å². The van der Waals surface area contributed by atoms with Crippen molar-refractivity contribution in [2.45, 2.75) is 39.5 Å². The summed E-state index contributed by atoms with van der Waals surface area (Å²) >= 11 is 0. The maximum absolute atomic E-state index is 12.4. The summed E-state index contributed by atoms with van der Waals surface area (Å²) in [7, 11) is 1.64. The molecular weight excluding hydrogens is 302 g/mol. The van der Waals surface area contributed by atoms with E-state index in [1.807, 2.05) is 63.2 Å². The topological polar surface area (TPSA) is 47.6 Å². The number of benzene rings is 2. The fraction of sp³-hybridized carbons (Fsp3) is 0.350. The lowest BCUT2D eigenvalue weighted by atomic mass is 10.1. The Morgan fingerprint density at radius 2 is 1.79 bits per heavy atom. The number of hydrogen-bond donors (Lipinski definition) is 1. The molecule has 2 rings (SSSR count). The van der Waals surface area contributed by atoms with Crippen LogP contribution in [0.5, 0.6) is 5.75 Å². The molecule has 0 aliphatic rings. The molecule has 0 heterocycles. The molecule has 1 atom stereocenters. The molecule has 0 radical (unpaired) electrons. The Kier molecular flexibility index (Phi) is 6.38. The highest BCUT2D eigenvalue weighted by Crippen LogP contribution is 2.19. The highest BCUT2D eigenvalue weighted by molar-refractivity contribution is 5.94. The van der Waals surface area contributed by atoms with Crippen molar-refractivity contribution in [2.75, 3.05) is 7.11 Å². The summed E-state index contributed by atoms with van der Waals surface area (Å²) in [6, 6.07) is 15.2. The number of carbonyl (C=O) groups is 1. The fourth-order valence-corrected chi connectivity index (χ4v) is 2.44. The highest BCUT2D eigenvalue weighted by atomic mass is 16.5. The first-order valence-corrected chi connectivity index (χ1v) is 8.15. The maximum atomic E-state index is 12.4. The maximum Gasteiger partial charge on any atom is 0.251 e. The molecule has 0 bridgehead atoms. The molecule has 0 aromatic heterocycles. The molecule has 0 saturated carbocycles. The molecule has 1 N–H and O–H groups in total. The molecule has 1 amide bonds. The molecule has 2 aromatic carbocycles. The molecule has 1 unspecified atom stereocenters. The van der Waals surface area contributed by atoms with Crippen molar-refractivity contribution in [3.05, 3.63) is 65.2 Å². The Morgan fingerprint density at radius 1 is 1.08 bits per heavy atom. The van der Waals surface area contributed by atoms with Crippen molar-refractivity contribution < 1.29 is 14.3 Å². The van der Waals surface area contributed by atoms with Gasteiger partial charge in [-0.3, -0.25) is 4.79 Å². The van der Waals surface area contributed by atoms with E-state index < -0.39 is 0 Å². The lowest BCUT2D eigenvalue weighted by Crippen LogP contribution is -2.26. The van der Waals surface area contributed by atoms with Gasteiger partial charge in [-0.2, -0.15) is 0 Å². The lowest BCUT2D eigenvalue weighted by molar-refractivity contribution is 0.0939. The van der Waals surface area contributed by atoms with Gasteiger partial charge in [0.05, 0.1) is 18.8 Å². The van der Waals surface area contributed by atoms with Crippen LogP contribution in [0.1, 0.15) is 48.3 Å². The molecule has 0 aliphatic carbocycles. The van der Waals surface area contributed by atoms with Crippen LogP contribution >= 0.6 is 0 Å². The van der Waals surface area contributed by atoms with Gasteiger partial charge < -0.3 is 14.8 Å². The molecular formula is C20H25NO3. The van der Waals surface area contributed by atoms with Crippen LogP contribution in [0.3, 0.4) is 0 Å².